The summed E-state index contributed by atoms with van der Waals surface area (Å²) in [5, 5.41) is 0. The molecule has 4 nitrogen and oxygen atoms in total. The van der Waals surface area contributed by atoms with Crippen LogP contribution in [0.2, 0.25) is 0 Å². The van der Waals surface area contributed by atoms with Gasteiger partial charge in [-0.2, -0.15) is 0 Å². The Hall–Kier alpha value is -1.68. The quantitative estimate of drug-likeness (QED) is 0.765. The number of aromatic amines is 1. The van der Waals surface area contributed by atoms with Gasteiger partial charge in [0.05, 0.1) is 11.0 Å². The zero-order valence-corrected chi connectivity index (χ0v) is 9.29. The Morgan fingerprint density at radius 1 is 1.50 bits per heavy atom. The lowest BCUT2D eigenvalue weighted by atomic mass is 10.1. The first-order chi connectivity index (χ1) is 7.74. The summed E-state index contributed by atoms with van der Waals surface area (Å²) in [4.78, 5) is 19.2. The van der Waals surface area contributed by atoms with Crippen molar-refractivity contribution in [2.75, 3.05) is 6.54 Å². The van der Waals surface area contributed by atoms with Crippen molar-refractivity contribution in [2.24, 2.45) is 5.73 Å². The number of ketones is 1. The first-order valence-electron chi connectivity index (χ1n) is 5.46. The number of nitrogens with two attached hydrogens (primary N) is 1. The van der Waals surface area contributed by atoms with Crippen molar-refractivity contribution in [1.82, 2.24) is 9.97 Å². The van der Waals surface area contributed by atoms with Crippen molar-refractivity contribution in [3.05, 3.63) is 29.6 Å². The molecule has 2 rings (SSSR count). The number of nitrogens with zero attached hydrogens (tertiary/aromatic N) is 1. The largest absolute Gasteiger partial charge is 0.342 e. The van der Waals surface area contributed by atoms with E-state index in [9.17, 15) is 4.79 Å². The minimum Gasteiger partial charge on any atom is -0.342 e. The molecule has 0 bridgehead atoms. The average Bonchev–Trinajstić information content (AvgIpc) is 2.70. The van der Waals surface area contributed by atoms with Crippen LogP contribution < -0.4 is 5.73 Å². The Labute approximate surface area is 93.9 Å². The Bertz CT molecular complexity index is 516. The fourth-order valence-electron chi connectivity index (χ4n) is 1.68. The number of carbonyl (C=O) groups is 1. The zero-order chi connectivity index (χ0) is 11.5. The highest BCUT2D eigenvalue weighted by molar-refractivity contribution is 5.98. The normalized spacial score (nSPS) is 10.9. The number of benzene rings is 1. The third-order valence-corrected chi connectivity index (χ3v) is 2.56. The van der Waals surface area contributed by atoms with Gasteiger partial charge in [0, 0.05) is 18.4 Å². The van der Waals surface area contributed by atoms with Gasteiger partial charge in [0.1, 0.15) is 5.82 Å². The monoisotopic (exact) mass is 217 g/mol. The van der Waals surface area contributed by atoms with Gasteiger partial charge in [-0.05, 0) is 24.7 Å². The summed E-state index contributed by atoms with van der Waals surface area (Å²) in [6, 6.07) is 5.52. The van der Waals surface area contributed by atoms with E-state index in [2.05, 4.69) is 9.97 Å². The molecule has 0 radical (unpaired) electrons. The topological polar surface area (TPSA) is 71.8 Å². The standard InChI is InChI=1S/C12H15N3O/c1-2-12-14-9-4-3-8(7-10(9)15-12)11(16)5-6-13/h3-4,7H,2,5-6,13H2,1H3,(H,14,15). The van der Waals surface area contributed by atoms with Crippen LogP contribution in [0.4, 0.5) is 0 Å². The van der Waals surface area contributed by atoms with Crippen LogP contribution >= 0.6 is 0 Å². The van der Waals surface area contributed by atoms with Crippen molar-refractivity contribution in [2.45, 2.75) is 19.8 Å². The summed E-state index contributed by atoms with van der Waals surface area (Å²) >= 11 is 0. The second kappa shape index (κ2) is 4.45. The Balaban J connectivity index is 2.39. The Kier molecular flexibility index (Phi) is 3.01. The van der Waals surface area contributed by atoms with Gasteiger partial charge in [0.25, 0.3) is 0 Å². The highest BCUT2D eigenvalue weighted by Gasteiger charge is 2.07. The highest BCUT2D eigenvalue weighted by atomic mass is 16.1. The van der Waals surface area contributed by atoms with Crippen molar-refractivity contribution < 1.29 is 4.79 Å². The minimum atomic E-state index is 0.0806. The number of rotatable bonds is 4. The van der Waals surface area contributed by atoms with Gasteiger partial charge >= 0.3 is 0 Å². The molecule has 4 heteroatoms. The number of hydrogen-bond acceptors (Lipinski definition) is 3. The first kappa shape index (κ1) is 10.8. The number of nitrogens with one attached hydrogen (secondary N) is 1. The summed E-state index contributed by atoms with van der Waals surface area (Å²) < 4.78 is 0. The Morgan fingerprint density at radius 2 is 2.31 bits per heavy atom. The summed E-state index contributed by atoms with van der Waals surface area (Å²) in [5.41, 5.74) is 7.88. The van der Waals surface area contributed by atoms with Crippen molar-refractivity contribution in [1.29, 1.82) is 0 Å². The molecule has 0 saturated carbocycles. The maximum Gasteiger partial charge on any atom is 0.164 e. The van der Waals surface area contributed by atoms with E-state index >= 15 is 0 Å². The first-order valence-corrected chi connectivity index (χ1v) is 5.46. The molecule has 0 amide bonds. The van der Waals surface area contributed by atoms with Crippen LogP contribution in [0.5, 0.6) is 0 Å². The van der Waals surface area contributed by atoms with E-state index in [-0.39, 0.29) is 5.78 Å². The molecule has 0 aliphatic rings. The molecule has 0 aliphatic heterocycles. The predicted octanol–water partition coefficient (Wildman–Crippen LogP) is 1.66. The lowest BCUT2D eigenvalue weighted by Crippen LogP contribution is -2.07. The van der Waals surface area contributed by atoms with Gasteiger partial charge in [-0.3, -0.25) is 4.79 Å². The van der Waals surface area contributed by atoms with E-state index in [4.69, 9.17) is 5.73 Å². The fraction of sp³-hybridized carbons (Fsp3) is 0.333. The van der Waals surface area contributed by atoms with E-state index in [1.54, 1.807) is 6.07 Å². The number of hydrogen-bond donors (Lipinski definition) is 2. The number of fused-ring (bicyclic) bond motifs is 1. The lowest BCUT2D eigenvalue weighted by molar-refractivity contribution is 0.0985. The molecular formula is C12H15N3O. The number of imidazole rings is 1. The zero-order valence-electron chi connectivity index (χ0n) is 9.29. The molecular weight excluding hydrogens is 202 g/mol. The molecule has 1 aromatic heterocycles. The van der Waals surface area contributed by atoms with Gasteiger partial charge in [-0.1, -0.05) is 6.92 Å². The third-order valence-electron chi connectivity index (χ3n) is 2.56. The van der Waals surface area contributed by atoms with Crippen LogP contribution in [0.15, 0.2) is 18.2 Å². The van der Waals surface area contributed by atoms with Crippen molar-refractivity contribution >= 4 is 16.8 Å². The number of aryl methyl sites for hydroxylation is 1. The summed E-state index contributed by atoms with van der Waals surface area (Å²) in [5.74, 6) is 1.02. The maximum atomic E-state index is 11.7. The number of Topliss-reactive ketones (excluding diaryl/α,β-unsaturated/α-hetero) is 1. The molecule has 1 aromatic carbocycles. The number of H-pyrrole nitrogens is 1. The molecule has 16 heavy (non-hydrogen) atoms. The molecule has 0 saturated heterocycles. The molecule has 0 spiro atoms. The van der Waals surface area contributed by atoms with E-state index in [1.165, 1.54) is 0 Å². The van der Waals surface area contributed by atoms with Gasteiger partial charge in [-0.25, -0.2) is 4.98 Å². The molecule has 2 aromatic rings. The molecule has 0 unspecified atom stereocenters. The van der Waals surface area contributed by atoms with Gasteiger partial charge in [-0.15, -0.1) is 0 Å². The van der Waals surface area contributed by atoms with E-state index in [1.807, 2.05) is 19.1 Å². The van der Waals surface area contributed by atoms with Gasteiger partial charge in [0.2, 0.25) is 0 Å². The van der Waals surface area contributed by atoms with Crippen molar-refractivity contribution in [3.63, 3.8) is 0 Å². The number of carbonyl (C=O) groups excluding carboxylic acids is 1. The fourth-order valence-corrected chi connectivity index (χ4v) is 1.68. The van der Waals surface area contributed by atoms with E-state index in [0.29, 0.717) is 18.5 Å². The van der Waals surface area contributed by atoms with E-state index in [0.717, 1.165) is 23.3 Å². The van der Waals surface area contributed by atoms with Crippen LogP contribution in [-0.2, 0) is 6.42 Å². The SMILES string of the molecule is CCc1nc2ccc(C(=O)CCN)cc2[nH]1. The molecule has 0 fully saturated rings. The molecule has 1 heterocycles. The van der Waals surface area contributed by atoms with Crippen LogP contribution in [0.3, 0.4) is 0 Å². The second-order valence-electron chi connectivity index (χ2n) is 3.73. The Morgan fingerprint density at radius 3 is 3.00 bits per heavy atom. The summed E-state index contributed by atoms with van der Waals surface area (Å²) in [6.07, 6.45) is 1.25. The molecule has 84 valence electrons. The highest BCUT2D eigenvalue weighted by Crippen LogP contribution is 2.15. The average molecular weight is 217 g/mol. The molecule has 3 N–H and O–H groups in total. The smallest absolute Gasteiger partial charge is 0.164 e. The van der Waals surface area contributed by atoms with Crippen LogP contribution in [-0.4, -0.2) is 22.3 Å². The maximum absolute atomic E-state index is 11.7. The molecule has 0 atom stereocenters. The van der Waals surface area contributed by atoms with Crippen LogP contribution in [0.1, 0.15) is 29.5 Å². The van der Waals surface area contributed by atoms with E-state index < -0.39 is 0 Å². The van der Waals surface area contributed by atoms with Crippen LogP contribution in [0, 0.1) is 0 Å². The summed E-state index contributed by atoms with van der Waals surface area (Å²) in [6.45, 7) is 2.43. The number of aromatic nitrogens is 2. The summed E-state index contributed by atoms with van der Waals surface area (Å²) in [7, 11) is 0. The van der Waals surface area contributed by atoms with Crippen molar-refractivity contribution in [3.8, 4) is 0 Å². The lowest BCUT2D eigenvalue weighted by Gasteiger charge is -1.98. The predicted molar refractivity (Wildman–Crippen MR) is 63.5 cm³/mol. The van der Waals surface area contributed by atoms with Gasteiger partial charge < -0.3 is 10.7 Å². The second-order valence-corrected chi connectivity index (χ2v) is 3.73. The minimum absolute atomic E-state index is 0.0806. The molecule has 0 aliphatic carbocycles. The third kappa shape index (κ3) is 1.97. The van der Waals surface area contributed by atoms with Gasteiger partial charge in [0.15, 0.2) is 5.78 Å². The van der Waals surface area contributed by atoms with Crippen LogP contribution in [0.25, 0.3) is 11.0 Å².